The SMILES string of the molecule is Cc1ccc([C@H](C)NC(=O)c2ccc(-c3cnc(N4CCCC4)nc3)cc2)cc1. The van der Waals surface area contributed by atoms with Crippen molar-refractivity contribution in [3.05, 3.63) is 77.6 Å². The van der Waals surface area contributed by atoms with Crippen molar-refractivity contribution in [2.75, 3.05) is 18.0 Å². The molecule has 0 radical (unpaired) electrons. The maximum Gasteiger partial charge on any atom is 0.251 e. The summed E-state index contributed by atoms with van der Waals surface area (Å²) < 4.78 is 0. The molecule has 0 unspecified atom stereocenters. The maximum absolute atomic E-state index is 12.6. The predicted molar refractivity (Wildman–Crippen MR) is 116 cm³/mol. The number of benzene rings is 2. The first-order valence-corrected chi connectivity index (χ1v) is 10.1. The molecular formula is C24H26N4O. The van der Waals surface area contributed by atoms with Crippen molar-refractivity contribution in [1.82, 2.24) is 15.3 Å². The third-order valence-corrected chi connectivity index (χ3v) is 5.43. The lowest BCUT2D eigenvalue weighted by Gasteiger charge is -2.15. The highest BCUT2D eigenvalue weighted by atomic mass is 16.1. The van der Waals surface area contributed by atoms with Gasteiger partial charge in [-0.25, -0.2) is 9.97 Å². The zero-order chi connectivity index (χ0) is 20.2. The summed E-state index contributed by atoms with van der Waals surface area (Å²) in [6, 6.07) is 15.8. The quantitative estimate of drug-likeness (QED) is 0.699. The van der Waals surface area contributed by atoms with E-state index in [9.17, 15) is 4.79 Å². The van der Waals surface area contributed by atoms with Gasteiger partial charge in [-0.1, -0.05) is 42.0 Å². The van der Waals surface area contributed by atoms with Gasteiger partial charge in [0.05, 0.1) is 6.04 Å². The molecule has 1 saturated heterocycles. The van der Waals surface area contributed by atoms with Crippen LogP contribution in [0.25, 0.3) is 11.1 Å². The largest absolute Gasteiger partial charge is 0.346 e. The molecule has 1 atom stereocenters. The second-order valence-electron chi connectivity index (χ2n) is 7.65. The fourth-order valence-electron chi connectivity index (χ4n) is 3.58. The van der Waals surface area contributed by atoms with Crippen molar-refractivity contribution in [2.24, 2.45) is 0 Å². The number of amides is 1. The van der Waals surface area contributed by atoms with Gasteiger partial charge in [-0.2, -0.15) is 0 Å². The van der Waals surface area contributed by atoms with E-state index in [4.69, 9.17) is 0 Å². The number of anilines is 1. The Morgan fingerprint density at radius 1 is 0.931 bits per heavy atom. The van der Waals surface area contributed by atoms with E-state index in [1.54, 1.807) is 0 Å². The summed E-state index contributed by atoms with van der Waals surface area (Å²) in [6.07, 6.45) is 6.12. The lowest BCUT2D eigenvalue weighted by atomic mass is 10.0. The second kappa shape index (κ2) is 8.43. The fourth-order valence-corrected chi connectivity index (χ4v) is 3.58. The molecule has 1 aliphatic heterocycles. The highest BCUT2D eigenvalue weighted by Gasteiger charge is 2.15. The zero-order valence-corrected chi connectivity index (χ0v) is 16.9. The van der Waals surface area contributed by atoms with Gasteiger partial charge < -0.3 is 10.2 Å². The van der Waals surface area contributed by atoms with Crippen LogP contribution in [-0.2, 0) is 0 Å². The predicted octanol–water partition coefficient (Wildman–Crippen LogP) is 4.54. The number of nitrogens with zero attached hydrogens (tertiary/aromatic N) is 3. The molecule has 0 aliphatic carbocycles. The first-order valence-electron chi connectivity index (χ1n) is 10.1. The van der Waals surface area contributed by atoms with Gasteiger partial charge in [0, 0.05) is 36.6 Å². The molecule has 4 rings (SSSR count). The molecule has 2 aromatic carbocycles. The number of hydrogen-bond donors (Lipinski definition) is 1. The van der Waals surface area contributed by atoms with Crippen molar-refractivity contribution in [2.45, 2.75) is 32.7 Å². The van der Waals surface area contributed by atoms with Crippen LogP contribution < -0.4 is 10.2 Å². The molecule has 0 spiro atoms. The summed E-state index contributed by atoms with van der Waals surface area (Å²) in [6.45, 7) is 6.12. The molecule has 5 nitrogen and oxygen atoms in total. The molecule has 1 N–H and O–H groups in total. The number of aromatic nitrogens is 2. The van der Waals surface area contributed by atoms with Crippen LogP contribution in [0.5, 0.6) is 0 Å². The van der Waals surface area contributed by atoms with E-state index in [1.807, 2.05) is 43.6 Å². The third-order valence-electron chi connectivity index (χ3n) is 5.43. The van der Waals surface area contributed by atoms with Gasteiger partial charge in [0.1, 0.15) is 0 Å². The van der Waals surface area contributed by atoms with E-state index in [0.717, 1.165) is 35.7 Å². The number of nitrogens with one attached hydrogen (secondary N) is 1. The van der Waals surface area contributed by atoms with Crippen molar-refractivity contribution < 1.29 is 4.79 Å². The van der Waals surface area contributed by atoms with E-state index >= 15 is 0 Å². The second-order valence-corrected chi connectivity index (χ2v) is 7.65. The van der Waals surface area contributed by atoms with Crippen LogP contribution in [0.1, 0.15) is 47.3 Å². The number of carbonyl (C=O) groups excluding carboxylic acids is 1. The van der Waals surface area contributed by atoms with Gasteiger partial charge >= 0.3 is 0 Å². The Morgan fingerprint density at radius 2 is 1.55 bits per heavy atom. The summed E-state index contributed by atoms with van der Waals surface area (Å²) in [5, 5.41) is 3.06. The Bertz CT molecular complexity index is 959. The van der Waals surface area contributed by atoms with Gasteiger partial charge in [0.2, 0.25) is 5.95 Å². The Hall–Kier alpha value is -3.21. The molecule has 148 valence electrons. The smallest absolute Gasteiger partial charge is 0.251 e. The molecule has 1 fully saturated rings. The highest BCUT2D eigenvalue weighted by Crippen LogP contribution is 2.22. The molecule has 1 aliphatic rings. The molecule has 0 saturated carbocycles. The molecule has 3 aromatic rings. The Balaban J connectivity index is 1.41. The molecule has 5 heteroatoms. The number of hydrogen-bond acceptors (Lipinski definition) is 4. The van der Waals surface area contributed by atoms with Crippen molar-refractivity contribution in [1.29, 1.82) is 0 Å². The van der Waals surface area contributed by atoms with E-state index in [2.05, 4.69) is 51.4 Å². The number of aryl methyl sites for hydroxylation is 1. The number of rotatable bonds is 5. The topological polar surface area (TPSA) is 58.1 Å². The van der Waals surface area contributed by atoms with E-state index in [1.165, 1.54) is 18.4 Å². The van der Waals surface area contributed by atoms with E-state index in [0.29, 0.717) is 5.56 Å². The standard InChI is InChI=1S/C24H26N4O/c1-17-5-7-19(8-6-17)18(2)27-23(29)21-11-9-20(10-12-21)22-15-25-24(26-16-22)28-13-3-4-14-28/h5-12,15-16,18H,3-4,13-14H2,1-2H3,(H,27,29)/t18-/m0/s1. The average Bonchev–Trinajstić information content (AvgIpc) is 3.29. The molecule has 1 aromatic heterocycles. The van der Waals surface area contributed by atoms with Crippen LogP contribution in [0.3, 0.4) is 0 Å². The van der Waals surface area contributed by atoms with Crippen LogP contribution >= 0.6 is 0 Å². The summed E-state index contributed by atoms with van der Waals surface area (Å²) in [4.78, 5) is 23.8. The Morgan fingerprint density at radius 3 is 2.17 bits per heavy atom. The van der Waals surface area contributed by atoms with Crippen LogP contribution in [-0.4, -0.2) is 29.0 Å². The molecule has 1 amide bonds. The van der Waals surface area contributed by atoms with Crippen molar-refractivity contribution >= 4 is 11.9 Å². The Labute approximate surface area is 171 Å². The summed E-state index contributed by atoms with van der Waals surface area (Å²) in [5.41, 5.74) is 4.90. The molecular weight excluding hydrogens is 360 g/mol. The minimum absolute atomic E-state index is 0.0469. The molecule has 0 bridgehead atoms. The lowest BCUT2D eigenvalue weighted by molar-refractivity contribution is 0.0940. The minimum Gasteiger partial charge on any atom is -0.346 e. The van der Waals surface area contributed by atoms with E-state index < -0.39 is 0 Å². The normalized spacial score (nSPS) is 14.6. The lowest BCUT2D eigenvalue weighted by Crippen LogP contribution is -2.26. The summed E-state index contributed by atoms with van der Waals surface area (Å²) >= 11 is 0. The van der Waals surface area contributed by atoms with Crippen molar-refractivity contribution in [3.63, 3.8) is 0 Å². The first-order chi connectivity index (χ1) is 14.1. The first kappa shape index (κ1) is 19.1. The zero-order valence-electron chi connectivity index (χ0n) is 16.9. The van der Waals surface area contributed by atoms with Crippen LogP contribution in [0.4, 0.5) is 5.95 Å². The van der Waals surface area contributed by atoms with Gasteiger partial charge in [-0.15, -0.1) is 0 Å². The van der Waals surface area contributed by atoms with Gasteiger partial charge in [0.25, 0.3) is 5.91 Å². The number of carbonyl (C=O) groups is 1. The fraction of sp³-hybridized carbons (Fsp3) is 0.292. The van der Waals surface area contributed by atoms with Crippen LogP contribution in [0, 0.1) is 6.92 Å². The van der Waals surface area contributed by atoms with E-state index in [-0.39, 0.29) is 11.9 Å². The monoisotopic (exact) mass is 386 g/mol. The minimum atomic E-state index is -0.0785. The molecule has 2 heterocycles. The van der Waals surface area contributed by atoms with Gasteiger partial charge in [0.15, 0.2) is 0 Å². The van der Waals surface area contributed by atoms with Crippen LogP contribution in [0.15, 0.2) is 60.9 Å². The van der Waals surface area contributed by atoms with Gasteiger partial charge in [-0.05, 0) is 49.9 Å². The van der Waals surface area contributed by atoms with Crippen molar-refractivity contribution in [3.8, 4) is 11.1 Å². The summed E-state index contributed by atoms with van der Waals surface area (Å²) in [5.74, 6) is 0.720. The average molecular weight is 386 g/mol. The Kier molecular flexibility index (Phi) is 5.56. The maximum atomic E-state index is 12.6. The van der Waals surface area contributed by atoms with Crippen LogP contribution in [0.2, 0.25) is 0 Å². The highest BCUT2D eigenvalue weighted by molar-refractivity contribution is 5.94. The molecule has 29 heavy (non-hydrogen) atoms. The summed E-state index contributed by atoms with van der Waals surface area (Å²) in [7, 11) is 0. The van der Waals surface area contributed by atoms with Gasteiger partial charge in [-0.3, -0.25) is 4.79 Å². The third kappa shape index (κ3) is 4.45.